The number of nitrogens with zero attached hydrogens (tertiary/aromatic N) is 4. The molecule has 2 saturated heterocycles. The summed E-state index contributed by atoms with van der Waals surface area (Å²) < 4.78 is 2.12. The first kappa shape index (κ1) is 23.6. The predicted octanol–water partition coefficient (Wildman–Crippen LogP) is 4.05. The van der Waals surface area contributed by atoms with Crippen molar-refractivity contribution in [3.05, 3.63) is 31.9 Å². The number of amides is 1. The normalized spacial score (nSPS) is 24.1. The maximum absolute atomic E-state index is 13.1. The van der Waals surface area contributed by atoms with E-state index in [9.17, 15) is 14.9 Å². The summed E-state index contributed by atoms with van der Waals surface area (Å²) in [4.78, 5) is 30.5. The number of piperidine rings is 1. The summed E-state index contributed by atoms with van der Waals surface area (Å²) in [7, 11) is 1.71. The molecule has 1 aromatic rings. The van der Waals surface area contributed by atoms with E-state index in [-0.39, 0.29) is 23.1 Å². The van der Waals surface area contributed by atoms with Crippen molar-refractivity contribution in [1.82, 2.24) is 9.47 Å². The lowest BCUT2D eigenvalue weighted by Crippen LogP contribution is -2.42. The number of hydrogen-bond donors (Lipinski definition) is 0. The molecule has 166 valence electrons. The van der Waals surface area contributed by atoms with E-state index >= 15 is 0 Å². The lowest BCUT2D eigenvalue weighted by molar-refractivity contribution is -0.123. The molecule has 3 unspecified atom stereocenters. The second kappa shape index (κ2) is 9.17. The molecule has 2 aliphatic rings. The molecule has 0 N–H and O–H groups in total. The second-order valence-electron chi connectivity index (χ2n) is 8.87. The zero-order chi connectivity index (χ0) is 23.0. The minimum atomic E-state index is -0.301. The summed E-state index contributed by atoms with van der Waals surface area (Å²) in [5, 5.41) is 9.64. The van der Waals surface area contributed by atoms with Gasteiger partial charge in [0.25, 0.3) is 11.5 Å². The van der Waals surface area contributed by atoms with Crippen LogP contribution in [0.1, 0.15) is 57.2 Å². The number of aromatic nitrogens is 1. The van der Waals surface area contributed by atoms with Crippen molar-refractivity contribution < 1.29 is 4.79 Å². The topological polar surface area (TPSA) is 69.3 Å². The van der Waals surface area contributed by atoms with Gasteiger partial charge in [-0.25, -0.2) is 0 Å². The van der Waals surface area contributed by atoms with E-state index in [2.05, 4.69) is 24.8 Å². The Labute approximate surface area is 193 Å². The van der Waals surface area contributed by atoms with Crippen molar-refractivity contribution in [2.75, 3.05) is 18.0 Å². The van der Waals surface area contributed by atoms with Crippen molar-refractivity contribution in [2.24, 2.45) is 18.9 Å². The van der Waals surface area contributed by atoms with Gasteiger partial charge in [0.2, 0.25) is 0 Å². The molecule has 2 fully saturated rings. The molecule has 3 heterocycles. The number of pyridine rings is 1. The Bertz CT molecular complexity index is 1040. The van der Waals surface area contributed by atoms with E-state index in [1.165, 1.54) is 11.8 Å². The minimum Gasteiger partial charge on any atom is -0.357 e. The molecule has 0 aliphatic carbocycles. The molecule has 1 aromatic heterocycles. The summed E-state index contributed by atoms with van der Waals surface area (Å²) >= 11 is 6.77. The molecule has 0 spiro atoms. The lowest BCUT2D eigenvalue weighted by atomic mass is 9.91. The molecule has 2 aliphatic heterocycles. The molecule has 8 heteroatoms. The second-order valence-corrected chi connectivity index (χ2v) is 10.5. The van der Waals surface area contributed by atoms with Gasteiger partial charge in [0.1, 0.15) is 21.8 Å². The Morgan fingerprint density at radius 3 is 2.45 bits per heavy atom. The average Bonchev–Trinajstić information content (AvgIpc) is 2.98. The fourth-order valence-corrected chi connectivity index (χ4v) is 6.05. The van der Waals surface area contributed by atoms with Crippen LogP contribution in [0.3, 0.4) is 0 Å². The third kappa shape index (κ3) is 4.31. The Balaban J connectivity index is 2.20. The molecular weight excluding hydrogens is 428 g/mol. The Morgan fingerprint density at radius 1 is 1.29 bits per heavy atom. The third-order valence-electron chi connectivity index (χ3n) is 6.27. The van der Waals surface area contributed by atoms with Crippen LogP contribution in [0, 0.1) is 30.1 Å². The number of thiocarbonyl (C=S) groups is 1. The molecule has 3 rings (SSSR count). The van der Waals surface area contributed by atoms with Gasteiger partial charge in [-0.2, -0.15) is 5.26 Å². The number of carbonyl (C=O) groups excluding carboxylic acids is 1. The summed E-state index contributed by atoms with van der Waals surface area (Å²) in [6.45, 7) is 11.9. The molecule has 0 bridgehead atoms. The summed E-state index contributed by atoms with van der Waals surface area (Å²) in [6, 6.07) is 2.09. The maximum atomic E-state index is 13.1. The lowest BCUT2D eigenvalue weighted by Gasteiger charge is -2.38. The van der Waals surface area contributed by atoms with Crippen LogP contribution in [0.4, 0.5) is 5.82 Å². The van der Waals surface area contributed by atoms with E-state index in [1.54, 1.807) is 23.4 Å². The fourth-order valence-electron chi connectivity index (χ4n) is 4.60. The van der Waals surface area contributed by atoms with Crippen LogP contribution in [0.15, 0.2) is 9.70 Å². The number of nitriles is 1. The molecule has 0 radical (unpaired) electrons. The first-order valence-corrected chi connectivity index (χ1v) is 12.0. The summed E-state index contributed by atoms with van der Waals surface area (Å²) in [5.74, 6) is 1.65. The van der Waals surface area contributed by atoms with E-state index < -0.39 is 0 Å². The van der Waals surface area contributed by atoms with Crippen LogP contribution in [0.25, 0.3) is 6.08 Å². The number of thioether (sulfide) groups is 1. The number of anilines is 1. The molecular formula is C23H30N4O2S2. The Hall–Kier alpha value is -2.11. The van der Waals surface area contributed by atoms with Gasteiger partial charge >= 0.3 is 0 Å². The van der Waals surface area contributed by atoms with Crippen LogP contribution >= 0.6 is 24.0 Å². The van der Waals surface area contributed by atoms with E-state index in [0.29, 0.717) is 26.6 Å². The molecule has 6 nitrogen and oxygen atoms in total. The van der Waals surface area contributed by atoms with Gasteiger partial charge < -0.3 is 4.90 Å². The maximum Gasteiger partial charge on any atom is 0.270 e. The van der Waals surface area contributed by atoms with Gasteiger partial charge in [0, 0.05) is 31.7 Å². The van der Waals surface area contributed by atoms with Gasteiger partial charge in [-0.3, -0.25) is 19.1 Å². The smallest absolute Gasteiger partial charge is 0.270 e. The zero-order valence-corrected chi connectivity index (χ0v) is 20.7. The van der Waals surface area contributed by atoms with Gasteiger partial charge in [-0.05, 0) is 50.2 Å². The summed E-state index contributed by atoms with van der Waals surface area (Å²) in [5.41, 5.74) is 1.18. The van der Waals surface area contributed by atoms with E-state index in [1.807, 2.05) is 19.9 Å². The average molecular weight is 459 g/mol. The Kier molecular flexibility index (Phi) is 6.97. The van der Waals surface area contributed by atoms with Crippen LogP contribution in [0.2, 0.25) is 0 Å². The van der Waals surface area contributed by atoms with Crippen molar-refractivity contribution in [3.63, 3.8) is 0 Å². The highest BCUT2D eigenvalue weighted by molar-refractivity contribution is 8.26. The number of hydrogen-bond acceptors (Lipinski definition) is 6. The van der Waals surface area contributed by atoms with Crippen molar-refractivity contribution in [2.45, 2.75) is 53.5 Å². The van der Waals surface area contributed by atoms with Crippen LogP contribution in [-0.4, -0.2) is 38.8 Å². The van der Waals surface area contributed by atoms with Crippen LogP contribution in [0.5, 0.6) is 0 Å². The molecule has 3 atom stereocenters. The highest BCUT2D eigenvalue weighted by Gasteiger charge is 2.36. The van der Waals surface area contributed by atoms with Gasteiger partial charge in [0.05, 0.1) is 4.91 Å². The monoisotopic (exact) mass is 458 g/mol. The van der Waals surface area contributed by atoms with Crippen molar-refractivity contribution in [3.8, 4) is 6.07 Å². The number of carbonyl (C=O) groups is 1. The number of rotatable bonds is 4. The first-order valence-electron chi connectivity index (χ1n) is 10.8. The SMILES string of the molecule is CCC(C)N1C(=O)/C(=C/c2c(C)c(C#N)c(=O)n(C)c2N2CC(C)CC(C)C2)SC1=S. The first-order chi connectivity index (χ1) is 14.6. The predicted molar refractivity (Wildman–Crippen MR) is 131 cm³/mol. The molecule has 0 saturated carbocycles. The summed E-state index contributed by atoms with van der Waals surface area (Å²) in [6.07, 6.45) is 3.78. The highest BCUT2D eigenvalue weighted by Crippen LogP contribution is 2.38. The highest BCUT2D eigenvalue weighted by atomic mass is 32.2. The van der Waals surface area contributed by atoms with Crippen LogP contribution < -0.4 is 10.5 Å². The molecule has 31 heavy (non-hydrogen) atoms. The van der Waals surface area contributed by atoms with E-state index in [4.69, 9.17) is 12.2 Å². The fraction of sp³-hybridized carbons (Fsp3) is 0.565. The van der Waals surface area contributed by atoms with Gasteiger partial charge in [0.15, 0.2) is 0 Å². The largest absolute Gasteiger partial charge is 0.357 e. The zero-order valence-electron chi connectivity index (χ0n) is 19.1. The van der Waals surface area contributed by atoms with E-state index in [0.717, 1.165) is 37.3 Å². The van der Waals surface area contributed by atoms with Gasteiger partial charge in [-0.1, -0.05) is 44.8 Å². The van der Waals surface area contributed by atoms with Gasteiger partial charge in [-0.15, -0.1) is 0 Å². The quantitative estimate of drug-likeness (QED) is 0.501. The van der Waals surface area contributed by atoms with Crippen molar-refractivity contribution >= 4 is 46.1 Å². The minimum absolute atomic E-state index is 0.0255. The van der Waals surface area contributed by atoms with Crippen LogP contribution in [-0.2, 0) is 11.8 Å². The molecule has 1 amide bonds. The molecule has 0 aromatic carbocycles. The Morgan fingerprint density at radius 2 is 1.90 bits per heavy atom. The standard InChI is InChI=1S/C23H30N4O2S2/c1-7-15(4)27-22(29)19(31-23(27)30)9-17-16(5)18(10-24)21(28)25(6)20(17)26-11-13(2)8-14(3)12-26/h9,13-15H,7-8,11-12H2,1-6H3/b19-9-. The third-order valence-corrected chi connectivity index (χ3v) is 7.60. The van der Waals surface area contributed by atoms with Crippen molar-refractivity contribution in [1.29, 1.82) is 5.26 Å².